The molecule has 160 valence electrons. The van der Waals surface area contributed by atoms with Crippen molar-refractivity contribution in [1.82, 2.24) is 25.4 Å². The molecule has 0 bridgehead atoms. The standard InChI is InChI=1S/C21H26N6O2.HI/c1-14-6-7-16(15(2)11-14)18-13-27(8-10-29-18)21(22-3)23-12-19-24-20(26-25-19)17-5-4-9-28-17;/h4-7,9,11,18H,8,10,12-13H2,1-3H3,(H,22,23)(H,24,25,26);1H. The van der Waals surface area contributed by atoms with Crippen molar-refractivity contribution < 1.29 is 9.15 Å². The molecule has 1 unspecified atom stereocenters. The molecular formula is C21H27IN6O2. The van der Waals surface area contributed by atoms with Crippen molar-refractivity contribution in [3.63, 3.8) is 0 Å². The Morgan fingerprint density at radius 2 is 2.20 bits per heavy atom. The van der Waals surface area contributed by atoms with Gasteiger partial charge in [0.25, 0.3) is 0 Å². The predicted molar refractivity (Wildman–Crippen MR) is 126 cm³/mol. The summed E-state index contributed by atoms with van der Waals surface area (Å²) in [6.07, 6.45) is 1.63. The lowest BCUT2D eigenvalue weighted by molar-refractivity contribution is -0.00835. The van der Waals surface area contributed by atoms with Crippen LogP contribution < -0.4 is 5.32 Å². The number of hydrogen-bond acceptors (Lipinski definition) is 5. The van der Waals surface area contributed by atoms with Gasteiger partial charge in [0.2, 0.25) is 5.82 Å². The van der Waals surface area contributed by atoms with Crippen LogP contribution in [0.15, 0.2) is 46.0 Å². The van der Waals surface area contributed by atoms with E-state index in [0.29, 0.717) is 24.7 Å². The Morgan fingerprint density at radius 3 is 2.93 bits per heavy atom. The molecule has 9 heteroatoms. The van der Waals surface area contributed by atoms with Crippen LogP contribution in [0.1, 0.15) is 28.6 Å². The van der Waals surface area contributed by atoms with Crippen LogP contribution in [0.2, 0.25) is 0 Å². The summed E-state index contributed by atoms with van der Waals surface area (Å²) in [6.45, 7) is 6.93. The van der Waals surface area contributed by atoms with Gasteiger partial charge in [0.05, 0.1) is 26.0 Å². The summed E-state index contributed by atoms with van der Waals surface area (Å²) in [4.78, 5) is 11.1. The molecule has 0 amide bonds. The average Bonchev–Trinajstić information content (AvgIpc) is 3.40. The number of hydrogen-bond donors (Lipinski definition) is 2. The van der Waals surface area contributed by atoms with Crippen molar-refractivity contribution >= 4 is 29.9 Å². The normalized spacial score (nSPS) is 17.0. The van der Waals surface area contributed by atoms with Crippen LogP contribution in [0.4, 0.5) is 0 Å². The van der Waals surface area contributed by atoms with Gasteiger partial charge in [-0.05, 0) is 37.1 Å². The van der Waals surface area contributed by atoms with E-state index in [4.69, 9.17) is 9.15 Å². The van der Waals surface area contributed by atoms with E-state index in [1.54, 1.807) is 13.3 Å². The Kier molecular flexibility index (Phi) is 7.48. The Hall–Kier alpha value is -2.40. The number of aryl methyl sites for hydroxylation is 2. The highest BCUT2D eigenvalue weighted by Gasteiger charge is 2.25. The van der Waals surface area contributed by atoms with E-state index < -0.39 is 0 Å². The van der Waals surface area contributed by atoms with Gasteiger partial charge in [0, 0.05) is 13.6 Å². The highest BCUT2D eigenvalue weighted by atomic mass is 127. The Morgan fingerprint density at radius 1 is 1.33 bits per heavy atom. The molecule has 1 saturated heterocycles. The average molecular weight is 522 g/mol. The van der Waals surface area contributed by atoms with E-state index in [1.807, 2.05) is 12.1 Å². The molecule has 3 aromatic rings. The minimum Gasteiger partial charge on any atom is -0.461 e. The molecule has 1 atom stereocenters. The van der Waals surface area contributed by atoms with Crippen LogP contribution in [0.25, 0.3) is 11.6 Å². The number of H-pyrrole nitrogens is 1. The van der Waals surface area contributed by atoms with Crippen molar-refractivity contribution in [2.24, 2.45) is 4.99 Å². The number of furan rings is 1. The molecule has 8 nitrogen and oxygen atoms in total. The van der Waals surface area contributed by atoms with Crippen molar-refractivity contribution in [3.8, 4) is 11.6 Å². The quantitative estimate of drug-likeness (QED) is 0.310. The first kappa shape index (κ1) is 22.3. The van der Waals surface area contributed by atoms with Gasteiger partial charge in [0.1, 0.15) is 11.9 Å². The van der Waals surface area contributed by atoms with E-state index in [2.05, 4.69) is 62.4 Å². The van der Waals surface area contributed by atoms with Gasteiger partial charge in [-0.15, -0.1) is 29.1 Å². The number of aromatic nitrogens is 3. The number of morpholine rings is 1. The Balaban J connectivity index is 0.00000256. The fourth-order valence-corrected chi connectivity index (χ4v) is 3.60. The number of aliphatic imine (C=N–C) groups is 1. The summed E-state index contributed by atoms with van der Waals surface area (Å²) in [5.41, 5.74) is 3.75. The number of nitrogens with zero attached hydrogens (tertiary/aromatic N) is 4. The largest absolute Gasteiger partial charge is 0.461 e. The molecular weight excluding hydrogens is 495 g/mol. The lowest BCUT2D eigenvalue weighted by atomic mass is 10.00. The molecule has 0 aliphatic carbocycles. The van der Waals surface area contributed by atoms with Crippen molar-refractivity contribution in [2.45, 2.75) is 26.5 Å². The third-order valence-electron chi connectivity index (χ3n) is 5.04. The van der Waals surface area contributed by atoms with Crippen LogP contribution in [0.5, 0.6) is 0 Å². The van der Waals surface area contributed by atoms with Gasteiger partial charge in [-0.2, -0.15) is 0 Å². The number of benzene rings is 1. The van der Waals surface area contributed by atoms with E-state index in [0.717, 1.165) is 24.9 Å². The molecule has 2 N–H and O–H groups in total. The number of rotatable bonds is 4. The van der Waals surface area contributed by atoms with Gasteiger partial charge in [-0.25, -0.2) is 4.98 Å². The van der Waals surface area contributed by atoms with E-state index in [1.165, 1.54) is 16.7 Å². The number of ether oxygens (including phenoxy) is 1. The van der Waals surface area contributed by atoms with Crippen molar-refractivity contribution in [2.75, 3.05) is 26.7 Å². The van der Waals surface area contributed by atoms with Crippen LogP contribution in [0.3, 0.4) is 0 Å². The topological polar surface area (TPSA) is 91.6 Å². The van der Waals surface area contributed by atoms with Crippen LogP contribution in [-0.2, 0) is 11.3 Å². The number of halogens is 1. The first-order valence-corrected chi connectivity index (χ1v) is 9.73. The molecule has 1 fully saturated rings. The van der Waals surface area contributed by atoms with Crippen LogP contribution in [0, 0.1) is 13.8 Å². The molecule has 1 aliphatic rings. The zero-order valence-corrected chi connectivity index (χ0v) is 19.7. The van der Waals surface area contributed by atoms with Gasteiger partial charge >= 0.3 is 0 Å². The summed E-state index contributed by atoms with van der Waals surface area (Å²) >= 11 is 0. The van der Waals surface area contributed by atoms with E-state index in [9.17, 15) is 0 Å². The highest BCUT2D eigenvalue weighted by molar-refractivity contribution is 14.0. The highest BCUT2D eigenvalue weighted by Crippen LogP contribution is 2.26. The molecule has 0 radical (unpaired) electrons. The Labute approximate surface area is 193 Å². The second-order valence-corrected chi connectivity index (χ2v) is 7.15. The van der Waals surface area contributed by atoms with Gasteiger partial charge in [-0.3, -0.25) is 10.1 Å². The molecule has 1 aromatic carbocycles. The third-order valence-corrected chi connectivity index (χ3v) is 5.04. The Bertz CT molecular complexity index is 985. The summed E-state index contributed by atoms with van der Waals surface area (Å²) in [6, 6.07) is 10.2. The molecule has 0 spiro atoms. The SMILES string of the molecule is CN=C(NCc1nc(-c2ccco2)n[nH]1)N1CCOC(c2ccc(C)cc2C)C1.I. The van der Waals surface area contributed by atoms with Crippen molar-refractivity contribution in [3.05, 3.63) is 59.1 Å². The summed E-state index contributed by atoms with van der Waals surface area (Å²) in [7, 11) is 1.79. The second kappa shape index (κ2) is 10.1. The monoisotopic (exact) mass is 522 g/mol. The summed E-state index contributed by atoms with van der Waals surface area (Å²) in [5.74, 6) is 2.72. The van der Waals surface area contributed by atoms with Gasteiger partial charge < -0.3 is 19.4 Å². The van der Waals surface area contributed by atoms with Crippen molar-refractivity contribution in [1.29, 1.82) is 0 Å². The summed E-state index contributed by atoms with van der Waals surface area (Å²) < 4.78 is 11.4. The third kappa shape index (κ3) is 5.01. The fraction of sp³-hybridized carbons (Fsp3) is 0.381. The number of aromatic amines is 1. The van der Waals surface area contributed by atoms with Gasteiger partial charge in [0.15, 0.2) is 11.7 Å². The minimum absolute atomic E-state index is 0. The lowest BCUT2D eigenvalue weighted by Gasteiger charge is -2.35. The molecule has 4 rings (SSSR count). The van der Waals surface area contributed by atoms with Gasteiger partial charge in [-0.1, -0.05) is 23.8 Å². The van der Waals surface area contributed by atoms with E-state index >= 15 is 0 Å². The summed E-state index contributed by atoms with van der Waals surface area (Å²) in [5, 5.41) is 10.5. The number of nitrogens with one attached hydrogen (secondary N) is 2. The fourth-order valence-electron chi connectivity index (χ4n) is 3.60. The van der Waals surface area contributed by atoms with Crippen LogP contribution >= 0.6 is 24.0 Å². The minimum atomic E-state index is 0. The molecule has 1 aliphatic heterocycles. The number of guanidine groups is 1. The lowest BCUT2D eigenvalue weighted by Crippen LogP contribution is -2.48. The molecule has 30 heavy (non-hydrogen) atoms. The zero-order valence-electron chi connectivity index (χ0n) is 17.4. The predicted octanol–water partition coefficient (Wildman–Crippen LogP) is 3.45. The first-order chi connectivity index (χ1) is 14.1. The maximum absolute atomic E-state index is 6.05. The molecule has 0 saturated carbocycles. The molecule has 2 aromatic heterocycles. The zero-order chi connectivity index (χ0) is 20.2. The first-order valence-electron chi connectivity index (χ1n) is 9.73. The molecule has 3 heterocycles. The second-order valence-electron chi connectivity index (χ2n) is 7.15. The van der Waals surface area contributed by atoms with E-state index in [-0.39, 0.29) is 30.1 Å². The smallest absolute Gasteiger partial charge is 0.216 e. The maximum atomic E-state index is 6.05. The maximum Gasteiger partial charge on any atom is 0.216 e. The van der Waals surface area contributed by atoms with Crippen LogP contribution in [-0.4, -0.2) is 52.8 Å².